The van der Waals surface area contributed by atoms with E-state index in [2.05, 4.69) is 0 Å². The summed E-state index contributed by atoms with van der Waals surface area (Å²) in [6.45, 7) is 0.142. The number of carboxylic acid groups (broad SMARTS) is 1. The highest BCUT2D eigenvalue weighted by molar-refractivity contribution is 8.26. The van der Waals surface area contributed by atoms with E-state index in [9.17, 15) is 22.8 Å². The van der Waals surface area contributed by atoms with Crippen LogP contribution in [0.25, 0.3) is 6.08 Å². The first kappa shape index (κ1) is 19.7. The van der Waals surface area contributed by atoms with E-state index < -0.39 is 28.6 Å². The van der Waals surface area contributed by atoms with Gasteiger partial charge in [-0.1, -0.05) is 41.6 Å². The molecule has 1 aliphatic rings. The third kappa shape index (κ3) is 4.96. The maximum atomic E-state index is 12.9. The minimum Gasteiger partial charge on any atom is -0.481 e. The van der Waals surface area contributed by atoms with Gasteiger partial charge in [-0.15, -0.1) is 0 Å². The number of aliphatic carboxylic acids is 1. The summed E-state index contributed by atoms with van der Waals surface area (Å²) in [7, 11) is 0. The quantitative estimate of drug-likeness (QED) is 0.576. The Morgan fingerprint density at radius 1 is 1.40 bits per heavy atom. The highest BCUT2D eigenvalue weighted by atomic mass is 35.5. The van der Waals surface area contributed by atoms with E-state index in [0.717, 1.165) is 23.9 Å². The third-order valence-electron chi connectivity index (χ3n) is 3.24. The first-order valence-electron chi connectivity index (χ1n) is 6.93. The lowest BCUT2D eigenvalue weighted by Gasteiger charge is -2.13. The smallest absolute Gasteiger partial charge is 0.417 e. The zero-order valence-electron chi connectivity index (χ0n) is 12.5. The van der Waals surface area contributed by atoms with Crippen molar-refractivity contribution in [2.24, 2.45) is 0 Å². The van der Waals surface area contributed by atoms with Crippen molar-refractivity contribution >= 4 is 57.9 Å². The highest BCUT2D eigenvalue weighted by Crippen LogP contribution is 2.37. The van der Waals surface area contributed by atoms with Gasteiger partial charge < -0.3 is 5.11 Å². The maximum absolute atomic E-state index is 12.9. The van der Waals surface area contributed by atoms with Gasteiger partial charge in [0, 0.05) is 13.0 Å². The van der Waals surface area contributed by atoms with Crippen LogP contribution in [0.3, 0.4) is 0 Å². The summed E-state index contributed by atoms with van der Waals surface area (Å²) < 4.78 is 38.9. The number of benzene rings is 1. The number of halogens is 4. The van der Waals surface area contributed by atoms with Gasteiger partial charge in [-0.3, -0.25) is 14.5 Å². The molecule has 25 heavy (non-hydrogen) atoms. The summed E-state index contributed by atoms with van der Waals surface area (Å²) in [4.78, 5) is 24.2. The Kier molecular flexibility index (Phi) is 6.12. The molecular weight excluding hydrogens is 399 g/mol. The van der Waals surface area contributed by atoms with Crippen LogP contribution in [-0.2, 0) is 15.8 Å². The Morgan fingerprint density at radius 2 is 2.08 bits per heavy atom. The van der Waals surface area contributed by atoms with Crippen LogP contribution in [0, 0.1) is 0 Å². The molecule has 4 nitrogen and oxygen atoms in total. The van der Waals surface area contributed by atoms with Crippen molar-refractivity contribution in [1.29, 1.82) is 0 Å². The van der Waals surface area contributed by atoms with E-state index in [-0.39, 0.29) is 34.2 Å². The number of rotatable bonds is 5. The molecule has 1 heterocycles. The van der Waals surface area contributed by atoms with Gasteiger partial charge in [0.15, 0.2) is 0 Å². The van der Waals surface area contributed by atoms with Crippen molar-refractivity contribution in [2.45, 2.75) is 19.0 Å². The third-order valence-corrected chi connectivity index (χ3v) is 4.95. The van der Waals surface area contributed by atoms with E-state index in [0.29, 0.717) is 0 Å². The Bertz CT molecular complexity index is 765. The van der Waals surface area contributed by atoms with Crippen LogP contribution in [0.4, 0.5) is 13.2 Å². The number of amides is 1. The molecule has 0 aromatic heterocycles. The predicted octanol–water partition coefficient (Wildman–Crippen LogP) is 4.42. The predicted molar refractivity (Wildman–Crippen MR) is 93.2 cm³/mol. The van der Waals surface area contributed by atoms with E-state index in [1.54, 1.807) is 0 Å². The van der Waals surface area contributed by atoms with Crippen LogP contribution in [0.15, 0.2) is 23.1 Å². The molecule has 0 radical (unpaired) electrons. The number of carbonyl (C=O) groups excluding carboxylic acids is 1. The summed E-state index contributed by atoms with van der Waals surface area (Å²) in [5, 5.41) is 8.20. The van der Waals surface area contributed by atoms with E-state index in [1.165, 1.54) is 17.0 Å². The van der Waals surface area contributed by atoms with Crippen molar-refractivity contribution in [3.8, 4) is 0 Å². The molecule has 0 saturated carbocycles. The first-order chi connectivity index (χ1) is 11.6. The maximum Gasteiger partial charge on any atom is 0.417 e. The molecule has 0 aliphatic carbocycles. The average molecular weight is 410 g/mol. The average Bonchev–Trinajstić information content (AvgIpc) is 2.75. The molecule has 1 N–H and O–H groups in total. The first-order valence-corrected chi connectivity index (χ1v) is 8.54. The summed E-state index contributed by atoms with van der Waals surface area (Å²) >= 11 is 11.6. The van der Waals surface area contributed by atoms with Gasteiger partial charge in [0.2, 0.25) is 0 Å². The Balaban J connectivity index is 2.20. The van der Waals surface area contributed by atoms with Gasteiger partial charge in [0.05, 0.1) is 15.5 Å². The number of hydrogen-bond donors (Lipinski definition) is 1. The van der Waals surface area contributed by atoms with Crippen LogP contribution in [-0.4, -0.2) is 32.7 Å². The van der Waals surface area contributed by atoms with Gasteiger partial charge in [0.1, 0.15) is 4.32 Å². The lowest BCUT2D eigenvalue weighted by atomic mass is 10.1. The van der Waals surface area contributed by atoms with Crippen LogP contribution in [0.2, 0.25) is 5.02 Å². The number of thioether (sulfide) groups is 1. The second-order valence-corrected chi connectivity index (χ2v) is 7.15. The Hall–Kier alpha value is -1.58. The van der Waals surface area contributed by atoms with E-state index in [1.807, 2.05) is 0 Å². The fourth-order valence-electron chi connectivity index (χ4n) is 2.08. The number of carbonyl (C=O) groups is 2. The molecule has 1 saturated heterocycles. The van der Waals surface area contributed by atoms with Crippen molar-refractivity contribution in [2.75, 3.05) is 6.54 Å². The molecule has 1 aromatic rings. The zero-order chi connectivity index (χ0) is 18.8. The molecule has 1 aromatic carbocycles. The lowest BCUT2D eigenvalue weighted by molar-refractivity contribution is -0.138. The number of thiocarbonyl (C=S) groups is 1. The molecule has 1 fully saturated rings. The van der Waals surface area contributed by atoms with Crippen LogP contribution in [0.5, 0.6) is 0 Å². The Labute approximate surface area is 155 Å². The normalized spacial score (nSPS) is 16.8. The number of carboxylic acids is 1. The highest BCUT2D eigenvalue weighted by Gasteiger charge is 2.34. The number of alkyl halides is 3. The number of nitrogens with zero attached hydrogens (tertiary/aromatic N) is 1. The zero-order valence-corrected chi connectivity index (χ0v) is 14.9. The number of hydrogen-bond acceptors (Lipinski definition) is 4. The summed E-state index contributed by atoms with van der Waals surface area (Å²) in [5.74, 6) is -1.44. The molecular formula is C15H11ClF3NO3S2. The lowest BCUT2D eigenvalue weighted by Crippen LogP contribution is -2.29. The van der Waals surface area contributed by atoms with Gasteiger partial charge in [0.25, 0.3) is 5.91 Å². The molecule has 1 aliphatic heterocycles. The second kappa shape index (κ2) is 7.76. The summed E-state index contributed by atoms with van der Waals surface area (Å²) in [6, 6.07) is 3.34. The fourth-order valence-corrected chi connectivity index (χ4v) is 3.62. The largest absolute Gasteiger partial charge is 0.481 e. The van der Waals surface area contributed by atoms with Gasteiger partial charge >= 0.3 is 12.1 Å². The Morgan fingerprint density at radius 3 is 2.68 bits per heavy atom. The molecule has 134 valence electrons. The molecule has 0 atom stereocenters. The minimum atomic E-state index is -4.60. The van der Waals surface area contributed by atoms with Crippen molar-refractivity contribution in [3.05, 3.63) is 39.3 Å². The van der Waals surface area contributed by atoms with Gasteiger partial charge in [-0.25, -0.2) is 0 Å². The molecule has 0 bridgehead atoms. The van der Waals surface area contributed by atoms with Crippen molar-refractivity contribution in [1.82, 2.24) is 4.90 Å². The van der Waals surface area contributed by atoms with Crippen LogP contribution in [0.1, 0.15) is 24.0 Å². The topological polar surface area (TPSA) is 57.6 Å². The second-order valence-electron chi connectivity index (χ2n) is 5.07. The minimum absolute atomic E-state index is 0.109. The molecule has 0 unspecified atom stereocenters. The van der Waals surface area contributed by atoms with Crippen molar-refractivity contribution in [3.63, 3.8) is 0 Å². The van der Waals surface area contributed by atoms with Crippen molar-refractivity contribution < 1.29 is 27.9 Å². The summed E-state index contributed by atoms with van der Waals surface area (Å²) in [6.07, 6.45) is -3.17. The van der Waals surface area contributed by atoms with E-state index in [4.69, 9.17) is 28.9 Å². The standard InChI is InChI=1S/C15H11ClF3NO3S2/c16-10-4-3-8(6-9(10)15(17,18)19)7-11-13(23)20(14(24)25-11)5-1-2-12(21)22/h3-4,6-7H,1-2,5H2,(H,21,22). The van der Waals surface area contributed by atoms with Gasteiger partial charge in [-0.2, -0.15) is 13.2 Å². The summed E-state index contributed by atoms with van der Waals surface area (Å²) in [5.41, 5.74) is -0.817. The molecule has 2 rings (SSSR count). The molecule has 1 amide bonds. The van der Waals surface area contributed by atoms with Gasteiger partial charge in [-0.05, 0) is 30.2 Å². The molecule has 10 heteroatoms. The SMILES string of the molecule is O=C(O)CCCN1C(=O)C(=Cc2ccc(Cl)c(C(F)(F)F)c2)SC1=S. The van der Waals surface area contributed by atoms with E-state index >= 15 is 0 Å². The van der Waals surface area contributed by atoms with Crippen LogP contribution < -0.4 is 0 Å². The fraction of sp³-hybridized carbons (Fsp3) is 0.267. The van der Waals surface area contributed by atoms with Crippen LogP contribution >= 0.6 is 35.6 Å². The molecule has 0 spiro atoms. The monoisotopic (exact) mass is 409 g/mol.